The van der Waals surface area contributed by atoms with E-state index in [2.05, 4.69) is 29.4 Å². The van der Waals surface area contributed by atoms with Crippen LogP contribution >= 0.6 is 24.4 Å². The largest absolute Gasteiger partial charge is 0.416 e. The smallest absolute Gasteiger partial charge is 0.276 e. The van der Waals surface area contributed by atoms with Crippen molar-refractivity contribution in [1.29, 1.82) is 0 Å². The third-order valence-electron chi connectivity index (χ3n) is 1.13. The lowest BCUT2D eigenvalue weighted by molar-refractivity contribution is 0.429. The molecule has 0 bridgehead atoms. The van der Waals surface area contributed by atoms with E-state index in [4.69, 9.17) is 4.42 Å². The molecular weight excluding hydrogens is 192 g/mol. The minimum Gasteiger partial charge on any atom is -0.416 e. The predicted molar refractivity (Wildman–Crippen MR) is 52.8 cm³/mol. The van der Waals surface area contributed by atoms with Crippen LogP contribution in [-0.4, -0.2) is 21.7 Å². The molecule has 12 heavy (non-hydrogen) atoms. The lowest BCUT2D eigenvalue weighted by Crippen LogP contribution is -1.86. The number of hydrogen-bond acceptors (Lipinski definition) is 5. The fourth-order valence-electron chi connectivity index (χ4n) is 0.546. The molecule has 1 heterocycles. The fraction of sp³-hybridized carbons (Fsp3) is 0.429. The van der Waals surface area contributed by atoms with Crippen LogP contribution < -0.4 is 0 Å². The molecule has 0 amide bonds. The van der Waals surface area contributed by atoms with Gasteiger partial charge in [-0.3, -0.25) is 0 Å². The molecule has 0 aliphatic carbocycles. The number of hydrogen-bond donors (Lipinski definition) is 1. The highest BCUT2D eigenvalue weighted by Gasteiger charge is 2.02. The SMILES string of the molecule is C=C(CS)CSc1nnc(C)o1. The molecule has 5 heteroatoms. The summed E-state index contributed by atoms with van der Waals surface area (Å²) in [5.41, 5.74) is 1.05. The van der Waals surface area contributed by atoms with Gasteiger partial charge >= 0.3 is 0 Å². The summed E-state index contributed by atoms with van der Waals surface area (Å²) in [6.07, 6.45) is 0. The van der Waals surface area contributed by atoms with Gasteiger partial charge in [0.1, 0.15) is 0 Å². The van der Waals surface area contributed by atoms with Gasteiger partial charge in [-0.25, -0.2) is 0 Å². The molecule has 0 saturated carbocycles. The summed E-state index contributed by atoms with van der Waals surface area (Å²) >= 11 is 5.57. The van der Waals surface area contributed by atoms with Crippen LogP contribution in [0.5, 0.6) is 0 Å². The minimum atomic E-state index is 0.592. The van der Waals surface area contributed by atoms with Crippen molar-refractivity contribution in [3.05, 3.63) is 18.0 Å². The van der Waals surface area contributed by atoms with E-state index < -0.39 is 0 Å². The highest BCUT2D eigenvalue weighted by molar-refractivity contribution is 7.99. The number of thioether (sulfide) groups is 1. The Morgan fingerprint density at radius 1 is 1.67 bits per heavy atom. The van der Waals surface area contributed by atoms with Crippen molar-refractivity contribution >= 4 is 24.4 Å². The maximum Gasteiger partial charge on any atom is 0.276 e. The molecule has 0 saturated heterocycles. The molecule has 66 valence electrons. The Balaban J connectivity index is 2.38. The molecule has 1 aromatic heterocycles. The highest BCUT2D eigenvalue weighted by Crippen LogP contribution is 2.18. The monoisotopic (exact) mass is 202 g/mol. The highest BCUT2D eigenvalue weighted by atomic mass is 32.2. The van der Waals surface area contributed by atoms with Crippen molar-refractivity contribution in [2.24, 2.45) is 0 Å². The number of aromatic nitrogens is 2. The standard InChI is InChI=1S/C7H10N2OS2/c1-5(3-11)4-12-7-9-8-6(2)10-7/h11H,1,3-4H2,2H3. The summed E-state index contributed by atoms with van der Waals surface area (Å²) < 4.78 is 5.15. The molecule has 3 nitrogen and oxygen atoms in total. The second-order valence-corrected chi connectivity index (χ2v) is 3.53. The van der Waals surface area contributed by atoms with E-state index in [9.17, 15) is 0 Å². The van der Waals surface area contributed by atoms with Crippen molar-refractivity contribution < 1.29 is 4.42 Å². The molecule has 0 radical (unpaired) electrons. The Bertz CT molecular complexity index is 272. The molecule has 0 unspecified atom stereocenters. The third kappa shape index (κ3) is 2.91. The van der Waals surface area contributed by atoms with Crippen molar-refractivity contribution in [1.82, 2.24) is 10.2 Å². The summed E-state index contributed by atoms with van der Waals surface area (Å²) in [7, 11) is 0. The topological polar surface area (TPSA) is 38.9 Å². The van der Waals surface area contributed by atoms with Crippen LogP contribution in [0, 0.1) is 6.92 Å². The summed E-state index contributed by atoms with van der Waals surface area (Å²) in [4.78, 5) is 0. The Kier molecular flexibility index (Phi) is 3.68. The normalized spacial score (nSPS) is 10.2. The second-order valence-electron chi connectivity index (χ2n) is 2.28. The zero-order valence-electron chi connectivity index (χ0n) is 6.78. The van der Waals surface area contributed by atoms with Crippen LogP contribution in [0.25, 0.3) is 0 Å². The van der Waals surface area contributed by atoms with Gasteiger partial charge in [-0.05, 0) is 0 Å². The molecule has 1 aromatic rings. The van der Waals surface area contributed by atoms with Crippen molar-refractivity contribution in [3.8, 4) is 0 Å². The first kappa shape index (κ1) is 9.67. The first-order valence-corrected chi connectivity index (χ1v) is 5.04. The molecule has 0 N–H and O–H groups in total. The lowest BCUT2D eigenvalue weighted by atomic mass is 10.4. The molecule has 0 fully saturated rings. The predicted octanol–water partition coefficient (Wildman–Crippen LogP) is 1.96. The molecule has 0 aromatic carbocycles. The van der Waals surface area contributed by atoms with Crippen LogP contribution in [-0.2, 0) is 0 Å². The lowest BCUT2D eigenvalue weighted by Gasteiger charge is -1.96. The number of aryl methyl sites for hydroxylation is 1. The van der Waals surface area contributed by atoms with Gasteiger partial charge < -0.3 is 4.42 Å². The molecule has 0 atom stereocenters. The van der Waals surface area contributed by atoms with E-state index in [0.717, 1.165) is 11.3 Å². The maximum absolute atomic E-state index is 5.15. The summed E-state index contributed by atoms with van der Waals surface area (Å²) in [5.74, 6) is 2.07. The Labute approximate surface area is 81.0 Å². The van der Waals surface area contributed by atoms with Crippen molar-refractivity contribution in [2.45, 2.75) is 12.1 Å². The van der Waals surface area contributed by atoms with E-state index >= 15 is 0 Å². The van der Waals surface area contributed by atoms with Crippen molar-refractivity contribution in [2.75, 3.05) is 11.5 Å². The molecule has 0 aliphatic heterocycles. The van der Waals surface area contributed by atoms with Gasteiger partial charge in [0.05, 0.1) is 0 Å². The summed E-state index contributed by atoms with van der Waals surface area (Å²) in [6, 6.07) is 0. The zero-order chi connectivity index (χ0) is 8.97. The van der Waals surface area contributed by atoms with Crippen LogP contribution in [0.3, 0.4) is 0 Å². The van der Waals surface area contributed by atoms with E-state index in [0.29, 0.717) is 16.9 Å². The fourth-order valence-corrected chi connectivity index (χ4v) is 1.52. The quantitative estimate of drug-likeness (QED) is 0.460. The maximum atomic E-state index is 5.15. The van der Waals surface area contributed by atoms with E-state index in [1.165, 1.54) is 11.8 Å². The molecule has 0 spiro atoms. The summed E-state index contributed by atoms with van der Waals surface area (Å²) in [5, 5.41) is 8.13. The van der Waals surface area contributed by atoms with E-state index in [-0.39, 0.29) is 0 Å². The average molecular weight is 202 g/mol. The minimum absolute atomic E-state index is 0.592. The second kappa shape index (κ2) is 4.57. The number of thiol groups is 1. The van der Waals surface area contributed by atoms with Gasteiger partial charge in [-0.2, -0.15) is 12.6 Å². The van der Waals surface area contributed by atoms with Crippen LogP contribution in [0.1, 0.15) is 5.89 Å². The van der Waals surface area contributed by atoms with Gasteiger partial charge in [0.15, 0.2) is 0 Å². The van der Waals surface area contributed by atoms with Gasteiger partial charge in [0.25, 0.3) is 5.22 Å². The number of nitrogens with zero attached hydrogens (tertiary/aromatic N) is 2. The molecular formula is C7H10N2OS2. The third-order valence-corrected chi connectivity index (χ3v) is 2.54. The van der Waals surface area contributed by atoms with Gasteiger partial charge in [-0.15, -0.1) is 10.2 Å². The Hall–Kier alpha value is -0.420. The van der Waals surface area contributed by atoms with Crippen LogP contribution in [0.4, 0.5) is 0 Å². The van der Waals surface area contributed by atoms with Gasteiger partial charge in [0, 0.05) is 18.4 Å². The molecule has 1 rings (SSSR count). The van der Waals surface area contributed by atoms with E-state index in [1.54, 1.807) is 6.92 Å². The zero-order valence-corrected chi connectivity index (χ0v) is 8.49. The summed E-state index contributed by atoms with van der Waals surface area (Å²) in [6.45, 7) is 5.58. The van der Waals surface area contributed by atoms with Gasteiger partial charge in [-0.1, -0.05) is 23.9 Å². The Morgan fingerprint density at radius 3 is 2.92 bits per heavy atom. The Morgan fingerprint density at radius 2 is 2.42 bits per heavy atom. The van der Waals surface area contributed by atoms with E-state index in [1.807, 2.05) is 0 Å². The van der Waals surface area contributed by atoms with Crippen molar-refractivity contribution in [3.63, 3.8) is 0 Å². The molecule has 0 aliphatic rings. The number of rotatable bonds is 4. The average Bonchev–Trinajstić information content (AvgIpc) is 2.47. The van der Waals surface area contributed by atoms with Gasteiger partial charge in [0.2, 0.25) is 5.89 Å². The first-order valence-electron chi connectivity index (χ1n) is 3.43. The van der Waals surface area contributed by atoms with Crippen LogP contribution in [0.2, 0.25) is 0 Å². The van der Waals surface area contributed by atoms with Crippen LogP contribution in [0.15, 0.2) is 21.8 Å². The first-order chi connectivity index (χ1) is 5.72.